The monoisotopic (exact) mass is 312 g/mol. The summed E-state index contributed by atoms with van der Waals surface area (Å²) in [5.74, 6) is 0. The Morgan fingerprint density at radius 3 is 2.50 bits per heavy atom. The summed E-state index contributed by atoms with van der Waals surface area (Å²) in [7, 11) is 0. The Bertz CT molecular complexity index is 261. The molecule has 1 aliphatic rings. The van der Waals surface area contributed by atoms with Crippen LogP contribution >= 0.6 is 43.2 Å². The Hall–Kier alpha value is 0.580. The third-order valence-corrected chi connectivity index (χ3v) is 4.80. The number of ether oxygens (including phenoxy) is 2. The highest BCUT2D eigenvalue weighted by Crippen LogP contribution is 2.37. The molecule has 2 heterocycles. The molecule has 0 unspecified atom stereocenters. The van der Waals surface area contributed by atoms with Gasteiger partial charge in [0.25, 0.3) is 0 Å². The molecular formula is C7H6Br2O2S. The first kappa shape index (κ1) is 9.15. The first-order valence-corrected chi connectivity index (χ1v) is 5.85. The van der Waals surface area contributed by atoms with Gasteiger partial charge in [0.05, 0.1) is 21.9 Å². The number of rotatable bonds is 1. The predicted octanol–water partition coefficient (Wildman–Crippen LogP) is 3.32. The summed E-state index contributed by atoms with van der Waals surface area (Å²) in [6, 6.07) is 2.02. The molecule has 12 heavy (non-hydrogen) atoms. The topological polar surface area (TPSA) is 18.5 Å². The highest BCUT2D eigenvalue weighted by molar-refractivity contribution is 9.13. The molecule has 0 amide bonds. The lowest BCUT2D eigenvalue weighted by Crippen LogP contribution is -1.93. The van der Waals surface area contributed by atoms with Gasteiger partial charge in [0, 0.05) is 4.47 Å². The summed E-state index contributed by atoms with van der Waals surface area (Å²) in [6.07, 6.45) is -0.155. The summed E-state index contributed by atoms with van der Waals surface area (Å²) in [5.41, 5.74) is 0. The van der Waals surface area contributed by atoms with E-state index in [1.165, 1.54) is 0 Å². The molecule has 0 saturated carbocycles. The van der Waals surface area contributed by atoms with Crippen molar-refractivity contribution in [3.05, 3.63) is 19.2 Å². The van der Waals surface area contributed by atoms with Crippen molar-refractivity contribution in [3.63, 3.8) is 0 Å². The van der Waals surface area contributed by atoms with E-state index < -0.39 is 0 Å². The van der Waals surface area contributed by atoms with Crippen molar-refractivity contribution < 1.29 is 9.47 Å². The summed E-state index contributed by atoms with van der Waals surface area (Å²) < 4.78 is 12.8. The Labute approximate surface area is 91.1 Å². The molecule has 0 N–H and O–H groups in total. The molecule has 66 valence electrons. The maximum Gasteiger partial charge on any atom is 0.193 e. The standard InChI is InChI=1S/C7H6Br2O2S/c8-4-3-5(12-6(4)9)7-10-1-2-11-7/h3,7H,1-2H2. The van der Waals surface area contributed by atoms with Gasteiger partial charge in [-0.2, -0.15) is 0 Å². The molecule has 1 aliphatic heterocycles. The van der Waals surface area contributed by atoms with Crippen LogP contribution in [0.4, 0.5) is 0 Å². The SMILES string of the molecule is Brc1cc(C2OCCO2)sc1Br. The molecule has 2 nitrogen and oxygen atoms in total. The van der Waals surface area contributed by atoms with Crippen LogP contribution in [0.5, 0.6) is 0 Å². The fourth-order valence-electron chi connectivity index (χ4n) is 1.00. The summed E-state index contributed by atoms with van der Waals surface area (Å²) in [4.78, 5) is 1.10. The molecule has 0 spiro atoms. The zero-order valence-electron chi connectivity index (χ0n) is 6.05. The summed E-state index contributed by atoms with van der Waals surface area (Å²) in [6.45, 7) is 1.38. The van der Waals surface area contributed by atoms with Gasteiger partial charge in [-0.15, -0.1) is 11.3 Å². The van der Waals surface area contributed by atoms with E-state index in [2.05, 4.69) is 31.9 Å². The zero-order chi connectivity index (χ0) is 8.55. The van der Waals surface area contributed by atoms with Gasteiger partial charge in [0.1, 0.15) is 0 Å². The lowest BCUT2D eigenvalue weighted by atomic mass is 10.5. The molecule has 0 aromatic carbocycles. The van der Waals surface area contributed by atoms with E-state index in [-0.39, 0.29) is 6.29 Å². The number of hydrogen-bond acceptors (Lipinski definition) is 3. The number of thiophene rings is 1. The van der Waals surface area contributed by atoms with Crippen LogP contribution in [0.15, 0.2) is 14.3 Å². The lowest BCUT2D eigenvalue weighted by molar-refractivity contribution is -0.0413. The largest absolute Gasteiger partial charge is 0.345 e. The molecule has 0 aliphatic carbocycles. The summed E-state index contributed by atoms with van der Waals surface area (Å²) >= 11 is 8.47. The van der Waals surface area contributed by atoms with E-state index in [0.717, 1.165) is 13.1 Å². The fourth-order valence-corrected chi connectivity index (χ4v) is 3.09. The minimum atomic E-state index is -0.155. The quantitative estimate of drug-likeness (QED) is 0.792. The van der Waals surface area contributed by atoms with Crippen molar-refractivity contribution in [2.75, 3.05) is 13.2 Å². The minimum absolute atomic E-state index is 0.155. The smallest absolute Gasteiger partial charge is 0.193 e. The lowest BCUT2D eigenvalue weighted by Gasteiger charge is -2.03. The Morgan fingerprint density at radius 1 is 1.33 bits per heavy atom. The van der Waals surface area contributed by atoms with E-state index in [1.807, 2.05) is 6.07 Å². The molecule has 1 fully saturated rings. The van der Waals surface area contributed by atoms with Gasteiger partial charge in [0.15, 0.2) is 6.29 Å². The van der Waals surface area contributed by atoms with Crippen molar-refractivity contribution in [1.29, 1.82) is 0 Å². The minimum Gasteiger partial charge on any atom is -0.345 e. The van der Waals surface area contributed by atoms with Crippen LogP contribution in [-0.2, 0) is 9.47 Å². The summed E-state index contributed by atoms with van der Waals surface area (Å²) in [5, 5.41) is 0. The number of halogens is 2. The van der Waals surface area contributed by atoms with Crippen molar-refractivity contribution >= 4 is 43.2 Å². The van der Waals surface area contributed by atoms with E-state index in [9.17, 15) is 0 Å². The molecule has 1 aromatic heterocycles. The van der Waals surface area contributed by atoms with E-state index in [0.29, 0.717) is 13.2 Å². The predicted molar refractivity (Wildman–Crippen MR) is 54.4 cm³/mol. The maximum absolute atomic E-state index is 5.35. The van der Waals surface area contributed by atoms with Gasteiger partial charge in [0.2, 0.25) is 0 Å². The van der Waals surface area contributed by atoms with Gasteiger partial charge >= 0.3 is 0 Å². The van der Waals surface area contributed by atoms with Gasteiger partial charge in [-0.05, 0) is 37.9 Å². The third-order valence-electron chi connectivity index (χ3n) is 1.52. The van der Waals surface area contributed by atoms with Gasteiger partial charge in [-0.3, -0.25) is 0 Å². The normalized spacial score (nSPS) is 18.8. The van der Waals surface area contributed by atoms with E-state index in [4.69, 9.17) is 9.47 Å². The first-order valence-electron chi connectivity index (χ1n) is 3.45. The van der Waals surface area contributed by atoms with Crippen molar-refractivity contribution in [2.45, 2.75) is 6.29 Å². The average Bonchev–Trinajstić information content (AvgIpc) is 2.61. The molecule has 5 heteroatoms. The van der Waals surface area contributed by atoms with Gasteiger partial charge in [-0.25, -0.2) is 0 Å². The fraction of sp³-hybridized carbons (Fsp3) is 0.429. The molecule has 1 aromatic rings. The highest BCUT2D eigenvalue weighted by atomic mass is 79.9. The molecular weight excluding hydrogens is 308 g/mol. The third kappa shape index (κ3) is 1.75. The Balaban J connectivity index is 2.21. The van der Waals surface area contributed by atoms with E-state index in [1.54, 1.807) is 11.3 Å². The van der Waals surface area contributed by atoms with Gasteiger partial charge < -0.3 is 9.47 Å². The molecule has 1 saturated heterocycles. The molecule has 2 rings (SSSR count). The average molecular weight is 314 g/mol. The van der Waals surface area contributed by atoms with Crippen LogP contribution in [-0.4, -0.2) is 13.2 Å². The van der Waals surface area contributed by atoms with E-state index >= 15 is 0 Å². The first-order chi connectivity index (χ1) is 5.77. The number of hydrogen-bond donors (Lipinski definition) is 0. The second-order valence-electron chi connectivity index (χ2n) is 2.34. The highest BCUT2D eigenvalue weighted by Gasteiger charge is 2.21. The van der Waals surface area contributed by atoms with Gasteiger partial charge in [-0.1, -0.05) is 0 Å². The van der Waals surface area contributed by atoms with Crippen LogP contribution in [0.3, 0.4) is 0 Å². The Morgan fingerprint density at radius 2 is 2.00 bits per heavy atom. The Kier molecular flexibility index (Phi) is 2.86. The molecule has 0 radical (unpaired) electrons. The molecule has 0 atom stereocenters. The second kappa shape index (κ2) is 3.75. The van der Waals surface area contributed by atoms with Crippen LogP contribution < -0.4 is 0 Å². The van der Waals surface area contributed by atoms with Crippen molar-refractivity contribution in [2.24, 2.45) is 0 Å². The molecule has 0 bridgehead atoms. The van der Waals surface area contributed by atoms with Crippen molar-refractivity contribution in [3.8, 4) is 0 Å². The second-order valence-corrected chi connectivity index (χ2v) is 5.60. The zero-order valence-corrected chi connectivity index (χ0v) is 10.0. The van der Waals surface area contributed by atoms with Crippen molar-refractivity contribution in [1.82, 2.24) is 0 Å². The van der Waals surface area contributed by atoms with Crippen LogP contribution in [0.25, 0.3) is 0 Å². The van der Waals surface area contributed by atoms with Crippen LogP contribution in [0.1, 0.15) is 11.2 Å². The maximum atomic E-state index is 5.35. The van der Waals surface area contributed by atoms with Crippen LogP contribution in [0, 0.1) is 0 Å². The van der Waals surface area contributed by atoms with Crippen LogP contribution in [0.2, 0.25) is 0 Å².